The van der Waals surface area contributed by atoms with Crippen molar-refractivity contribution in [3.63, 3.8) is 0 Å². The largest absolute Gasteiger partial charge is 0.362 e. The molecule has 4 nitrogen and oxygen atoms in total. The smallest absolute Gasteiger partial charge is 0.157 e. The van der Waals surface area contributed by atoms with Gasteiger partial charge >= 0.3 is 0 Å². The molecule has 0 aromatic heterocycles. The van der Waals surface area contributed by atoms with Crippen LogP contribution in [0.4, 0.5) is 8.78 Å². The average molecular weight is 531 g/mol. The summed E-state index contributed by atoms with van der Waals surface area (Å²) >= 11 is 0. The molecule has 6 heteroatoms. The van der Waals surface area contributed by atoms with E-state index in [0.717, 1.165) is 29.2 Å². The van der Waals surface area contributed by atoms with Gasteiger partial charge in [-0.3, -0.25) is 9.89 Å². The Morgan fingerprint density at radius 1 is 1.10 bits per heavy atom. The lowest BCUT2D eigenvalue weighted by molar-refractivity contribution is 0.180. The Bertz CT molecular complexity index is 1400. The van der Waals surface area contributed by atoms with Gasteiger partial charge in [0.05, 0.1) is 0 Å². The summed E-state index contributed by atoms with van der Waals surface area (Å²) in [6.45, 7) is 10.5. The van der Waals surface area contributed by atoms with Crippen LogP contribution in [0.5, 0.6) is 0 Å². The Labute approximate surface area is 231 Å². The lowest BCUT2D eigenvalue weighted by Crippen LogP contribution is -2.38. The number of nitrogens with zero attached hydrogens (tertiary/aromatic N) is 4. The fraction of sp³-hybridized carbons (Fsp3) is 0.455. The number of aliphatic imine (C=N–C) groups is 2. The number of halogens is 2. The van der Waals surface area contributed by atoms with Crippen molar-refractivity contribution in [2.24, 2.45) is 9.98 Å². The van der Waals surface area contributed by atoms with Crippen molar-refractivity contribution in [2.75, 3.05) is 33.7 Å². The minimum Gasteiger partial charge on any atom is -0.362 e. The molecule has 0 atom stereocenters. The van der Waals surface area contributed by atoms with Crippen LogP contribution in [-0.4, -0.2) is 61.5 Å². The fourth-order valence-electron chi connectivity index (χ4n) is 7.11. The fourth-order valence-corrected chi connectivity index (χ4v) is 7.11. The molecule has 0 spiro atoms. The summed E-state index contributed by atoms with van der Waals surface area (Å²) in [5.41, 5.74) is 3.81. The van der Waals surface area contributed by atoms with Crippen LogP contribution < -0.4 is 0 Å². The van der Waals surface area contributed by atoms with E-state index in [1.165, 1.54) is 44.8 Å². The van der Waals surface area contributed by atoms with Crippen LogP contribution >= 0.6 is 0 Å². The summed E-state index contributed by atoms with van der Waals surface area (Å²) < 4.78 is 31.6. The Hall–Kier alpha value is -3.12. The summed E-state index contributed by atoms with van der Waals surface area (Å²) in [6, 6.07) is 9.04. The average Bonchev–Trinajstić information content (AvgIpc) is 3.48. The van der Waals surface area contributed by atoms with Crippen LogP contribution in [0.1, 0.15) is 63.5 Å². The molecule has 39 heavy (non-hydrogen) atoms. The molecule has 2 heterocycles. The van der Waals surface area contributed by atoms with Gasteiger partial charge in [0.15, 0.2) is 5.83 Å². The summed E-state index contributed by atoms with van der Waals surface area (Å²) in [4.78, 5) is 13.6. The van der Waals surface area contributed by atoms with Crippen molar-refractivity contribution in [3.8, 4) is 0 Å². The molecule has 2 aromatic carbocycles. The Kier molecular flexibility index (Phi) is 7.86. The first-order valence-corrected chi connectivity index (χ1v) is 14.3. The summed E-state index contributed by atoms with van der Waals surface area (Å²) in [6.07, 6.45) is 9.56. The van der Waals surface area contributed by atoms with Crippen LogP contribution in [0.3, 0.4) is 0 Å². The third-order valence-corrected chi connectivity index (χ3v) is 8.85. The molecule has 0 radical (unpaired) electrons. The van der Waals surface area contributed by atoms with Gasteiger partial charge in [-0.2, -0.15) is 0 Å². The third-order valence-electron chi connectivity index (χ3n) is 8.85. The van der Waals surface area contributed by atoms with Gasteiger partial charge in [0.1, 0.15) is 17.3 Å². The molecule has 0 bridgehead atoms. The molecule has 2 fully saturated rings. The number of aryl methyl sites for hydroxylation is 1. The van der Waals surface area contributed by atoms with E-state index in [1.54, 1.807) is 6.07 Å². The Morgan fingerprint density at radius 3 is 2.51 bits per heavy atom. The molecule has 2 aliphatic heterocycles. The van der Waals surface area contributed by atoms with Crippen LogP contribution in [-0.2, 0) is 6.42 Å². The van der Waals surface area contributed by atoms with Crippen molar-refractivity contribution in [3.05, 3.63) is 76.1 Å². The molecule has 5 rings (SSSR count). The molecule has 0 N–H and O–H groups in total. The predicted molar refractivity (Wildman–Crippen MR) is 160 cm³/mol. The van der Waals surface area contributed by atoms with E-state index in [4.69, 9.17) is 4.99 Å². The highest BCUT2D eigenvalue weighted by Crippen LogP contribution is 2.43. The zero-order valence-corrected chi connectivity index (χ0v) is 23.8. The maximum absolute atomic E-state index is 16.8. The van der Waals surface area contributed by atoms with Gasteiger partial charge in [-0.25, -0.2) is 13.8 Å². The van der Waals surface area contributed by atoms with Gasteiger partial charge in [0.25, 0.3) is 0 Å². The molecular formula is C33H40F2N4. The van der Waals surface area contributed by atoms with E-state index in [9.17, 15) is 4.39 Å². The summed E-state index contributed by atoms with van der Waals surface area (Å²) in [5, 5.41) is 1.67. The molecule has 0 saturated carbocycles. The molecule has 0 amide bonds. The first-order valence-electron chi connectivity index (χ1n) is 14.3. The first-order chi connectivity index (χ1) is 18.8. The van der Waals surface area contributed by atoms with E-state index >= 15 is 4.39 Å². The second-order valence-corrected chi connectivity index (χ2v) is 11.3. The second kappa shape index (κ2) is 11.2. The number of hydrogen-bond donors (Lipinski definition) is 0. The highest BCUT2D eigenvalue weighted by Gasteiger charge is 2.43. The minimum atomic E-state index is -0.381. The highest BCUT2D eigenvalue weighted by molar-refractivity contribution is 6.21. The van der Waals surface area contributed by atoms with E-state index in [-0.39, 0.29) is 11.6 Å². The number of rotatable bonds is 8. The summed E-state index contributed by atoms with van der Waals surface area (Å²) in [5.74, 6) is -0.0615. The quantitative estimate of drug-likeness (QED) is 0.261. The van der Waals surface area contributed by atoms with Crippen molar-refractivity contribution in [2.45, 2.75) is 64.3 Å². The number of allylic oxidation sites excluding steroid dienone is 5. The standard InChI is InChI=1S/C33H40F2N4/c1-6-24-27(34)14-13-23-11-7-12-25(29(23)24)28-22(2)21-26(32(36-3)38(4)5)31(30(28)35)37-18-8-15-33-16-9-19-39(33)20-10-17-33/h7,11-14,21H,3,6,8-10,15-20H2,1-2,4-5H3/b32-26+,37-31?. The van der Waals surface area contributed by atoms with Crippen LogP contribution in [0.15, 0.2) is 69.2 Å². The first kappa shape index (κ1) is 27.4. The molecule has 1 aliphatic carbocycles. The molecule has 0 unspecified atom stereocenters. The SMILES string of the molecule is C=N/C(=C1/C=C(C)C(c2cccc3ccc(F)c(CC)c23)=C(F)C1=NCCCC12CCCN1CCC2)N(C)C. The maximum Gasteiger partial charge on any atom is 0.157 e. The Balaban J connectivity index is 1.59. The third kappa shape index (κ3) is 4.88. The van der Waals surface area contributed by atoms with Gasteiger partial charge in [-0.1, -0.05) is 31.2 Å². The van der Waals surface area contributed by atoms with Crippen LogP contribution in [0, 0.1) is 5.82 Å². The van der Waals surface area contributed by atoms with Crippen molar-refractivity contribution in [1.29, 1.82) is 0 Å². The molecule has 206 valence electrons. The van der Waals surface area contributed by atoms with Crippen molar-refractivity contribution in [1.82, 2.24) is 9.80 Å². The zero-order chi connectivity index (χ0) is 27.7. The zero-order valence-electron chi connectivity index (χ0n) is 23.8. The maximum atomic E-state index is 16.8. The topological polar surface area (TPSA) is 31.2 Å². The van der Waals surface area contributed by atoms with Crippen LogP contribution in [0.25, 0.3) is 16.3 Å². The highest BCUT2D eigenvalue weighted by atomic mass is 19.1. The van der Waals surface area contributed by atoms with E-state index in [2.05, 4.69) is 16.6 Å². The monoisotopic (exact) mass is 530 g/mol. The minimum absolute atomic E-state index is 0.261. The van der Waals surface area contributed by atoms with E-state index < -0.39 is 0 Å². The van der Waals surface area contributed by atoms with Crippen LogP contribution in [0.2, 0.25) is 0 Å². The van der Waals surface area contributed by atoms with E-state index in [0.29, 0.717) is 52.3 Å². The van der Waals surface area contributed by atoms with Gasteiger partial charge < -0.3 is 4.90 Å². The van der Waals surface area contributed by atoms with Gasteiger partial charge in [0.2, 0.25) is 0 Å². The number of hydrogen-bond acceptors (Lipinski definition) is 4. The van der Waals surface area contributed by atoms with Gasteiger partial charge in [0, 0.05) is 37.3 Å². The Morgan fingerprint density at radius 2 is 1.85 bits per heavy atom. The number of benzene rings is 2. The predicted octanol–water partition coefficient (Wildman–Crippen LogP) is 7.51. The second-order valence-electron chi connectivity index (χ2n) is 11.3. The van der Waals surface area contributed by atoms with Crippen molar-refractivity contribution >= 4 is 28.8 Å². The number of fused-ring (bicyclic) bond motifs is 2. The van der Waals surface area contributed by atoms with Gasteiger partial charge in [-0.05, 0) is 111 Å². The molecular weight excluding hydrogens is 490 g/mol. The normalized spacial score (nSPS) is 21.5. The lowest BCUT2D eigenvalue weighted by Gasteiger charge is -2.32. The summed E-state index contributed by atoms with van der Waals surface area (Å²) in [7, 11) is 3.76. The molecule has 3 aliphatic rings. The lowest BCUT2D eigenvalue weighted by atomic mass is 9.84. The molecule has 2 saturated heterocycles. The van der Waals surface area contributed by atoms with Gasteiger partial charge in [-0.15, -0.1) is 0 Å². The molecule has 2 aromatic rings. The van der Waals surface area contributed by atoms with Crippen molar-refractivity contribution < 1.29 is 8.78 Å². The van der Waals surface area contributed by atoms with E-state index in [1.807, 2.05) is 57.1 Å².